The molecule has 0 unspecified atom stereocenters. The number of rotatable bonds is 5. The molecule has 2 aliphatic heterocycles. The van der Waals surface area contributed by atoms with Crippen LogP contribution < -0.4 is 15.1 Å². The first-order valence-corrected chi connectivity index (χ1v) is 13.8. The van der Waals surface area contributed by atoms with Crippen molar-refractivity contribution in [3.05, 3.63) is 71.4 Å². The van der Waals surface area contributed by atoms with Crippen LogP contribution in [0.4, 0.5) is 39.1 Å². The highest BCUT2D eigenvalue weighted by atomic mass is 19.4. The summed E-state index contributed by atoms with van der Waals surface area (Å²) in [6, 6.07) is 8.29. The molecule has 12 heteroatoms. The van der Waals surface area contributed by atoms with Gasteiger partial charge in [0.05, 0.1) is 22.5 Å². The molecular weight excluding hydrogens is 555 g/mol. The van der Waals surface area contributed by atoms with Crippen LogP contribution in [0.15, 0.2) is 48.7 Å². The highest BCUT2D eigenvalue weighted by molar-refractivity contribution is 6.07. The number of piperazine rings is 2. The quantitative estimate of drug-likeness (QED) is 0.415. The van der Waals surface area contributed by atoms with Gasteiger partial charge in [0.1, 0.15) is 17.5 Å². The molecule has 42 heavy (non-hydrogen) atoms. The summed E-state index contributed by atoms with van der Waals surface area (Å²) in [6.45, 7) is 7.15. The van der Waals surface area contributed by atoms with E-state index in [1.165, 1.54) is 12.1 Å². The Labute approximate surface area is 241 Å². The van der Waals surface area contributed by atoms with Crippen molar-refractivity contribution in [1.29, 1.82) is 0 Å². The summed E-state index contributed by atoms with van der Waals surface area (Å²) >= 11 is 0. The number of alkyl halides is 3. The van der Waals surface area contributed by atoms with Crippen molar-refractivity contribution in [1.82, 2.24) is 14.8 Å². The van der Waals surface area contributed by atoms with Gasteiger partial charge in [-0.25, -0.2) is 13.8 Å². The van der Waals surface area contributed by atoms with Crippen LogP contribution in [-0.4, -0.2) is 86.6 Å². The van der Waals surface area contributed by atoms with Crippen LogP contribution in [0.2, 0.25) is 0 Å². The number of halogens is 5. The maximum absolute atomic E-state index is 15.7. The third-order valence-corrected chi connectivity index (χ3v) is 8.05. The van der Waals surface area contributed by atoms with Crippen molar-refractivity contribution in [3.8, 4) is 11.1 Å². The van der Waals surface area contributed by atoms with Gasteiger partial charge >= 0.3 is 6.18 Å². The first kappa shape index (κ1) is 29.7. The highest BCUT2D eigenvalue weighted by Gasteiger charge is 2.36. The van der Waals surface area contributed by atoms with Crippen molar-refractivity contribution in [2.45, 2.75) is 19.1 Å². The van der Waals surface area contributed by atoms with E-state index in [9.17, 15) is 22.4 Å². The smallest absolute Gasteiger partial charge is 0.367 e. The zero-order valence-corrected chi connectivity index (χ0v) is 23.7. The molecule has 7 nitrogen and oxygen atoms in total. The number of nitrogens with zero attached hydrogens (tertiary/aromatic N) is 5. The third-order valence-electron chi connectivity index (χ3n) is 8.05. The van der Waals surface area contributed by atoms with E-state index in [0.29, 0.717) is 37.0 Å². The normalized spacial score (nSPS) is 18.8. The maximum atomic E-state index is 15.7. The molecule has 3 aromatic rings. The van der Waals surface area contributed by atoms with Gasteiger partial charge in [0.2, 0.25) is 0 Å². The number of amides is 1. The minimum atomic E-state index is -4.95. The van der Waals surface area contributed by atoms with Gasteiger partial charge in [-0.05, 0) is 63.5 Å². The summed E-state index contributed by atoms with van der Waals surface area (Å²) in [7, 11) is 4.03. The standard InChI is InChI=1S/C30H33F5N6O/c1-19-18-41(13-10-39(19)3)27-16-25(32)23(20-4-7-28(36-17-20)40-11-8-38(2)9-12-40)15-26(27)37-29(42)22-6-5-21(31)14-24(22)30(33,34)35/h4-7,14-17,19H,8-13,18H2,1-3H3,(H,37,42)/t19-/m0/s1. The van der Waals surface area contributed by atoms with Crippen LogP contribution in [0.1, 0.15) is 22.8 Å². The summed E-state index contributed by atoms with van der Waals surface area (Å²) in [5.74, 6) is -1.98. The van der Waals surface area contributed by atoms with Crippen molar-refractivity contribution in [2.24, 2.45) is 0 Å². The Balaban J connectivity index is 1.51. The lowest BCUT2D eigenvalue weighted by molar-refractivity contribution is -0.138. The predicted molar refractivity (Wildman–Crippen MR) is 153 cm³/mol. The van der Waals surface area contributed by atoms with Gasteiger partial charge in [0, 0.05) is 69.2 Å². The number of hydrogen-bond donors (Lipinski definition) is 1. The summed E-state index contributed by atoms with van der Waals surface area (Å²) < 4.78 is 70.4. The minimum absolute atomic E-state index is 0.116. The predicted octanol–water partition coefficient (Wildman–Crippen LogP) is 5.19. The molecule has 0 bridgehead atoms. The molecule has 1 aromatic heterocycles. The van der Waals surface area contributed by atoms with Crippen LogP contribution in [0.3, 0.4) is 0 Å². The summed E-state index contributed by atoms with van der Waals surface area (Å²) in [4.78, 5) is 26.2. The molecule has 0 spiro atoms. The molecule has 224 valence electrons. The number of hydrogen-bond acceptors (Lipinski definition) is 6. The Kier molecular flexibility index (Phi) is 8.38. The Hall–Kier alpha value is -3.77. The van der Waals surface area contributed by atoms with Gasteiger partial charge < -0.3 is 24.9 Å². The average Bonchev–Trinajstić information content (AvgIpc) is 2.95. The largest absolute Gasteiger partial charge is 0.417 e. The maximum Gasteiger partial charge on any atom is 0.417 e. The van der Waals surface area contributed by atoms with Crippen LogP contribution in [-0.2, 0) is 6.18 Å². The lowest BCUT2D eigenvalue weighted by Crippen LogP contribution is -2.50. The monoisotopic (exact) mass is 588 g/mol. The van der Waals surface area contributed by atoms with Gasteiger partial charge in [-0.1, -0.05) is 0 Å². The number of carbonyl (C=O) groups is 1. The average molecular weight is 589 g/mol. The molecule has 2 aromatic carbocycles. The first-order valence-electron chi connectivity index (χ1n) is 13.8. The van der Waals surface area contributed by atoms with Crippen molar-refractivity contribution in [3.63, 3.8) is 0 Å². The van der Waals surface area contributed by atoms with E-state index >= 15 is 4.39 Å². The molecule has 2 saturated heterocycles. The molecule has 1 atom stereocenters. The number of anilines is 3. The SMILES string of the molecule is C[C@H]1CN(c2cc(F)c(-c3ccc(N4CCN(C)CC4)nc3)cc2NC(=O)c2ccc(F)cc2C(F)(F)F)CCN1C. The second-order valence-corrected chi connectivity index (χ2v) is 11.0. The zero-order valence-electron chi connectivity index (χ0n) is 23.7. The number of benzene rings is 2. The Morgan fingerprint density at radius 1 is 0.929 bits per heavy atom. The first-order chi connectivity index (χ1) is 19.9. The lowest BCUT2D eigenvalue weighted by Gasteiger charge is -2.39. The third kappa shape index (κ3) is 6.34. The lowest BCUT2D eigenvalue weighted by atomic mass is 10.0. The van der Waals surface area contributed by atoms with Crippen LogP contribution in [0.25, 0.3) is 11.1 Å². The number of likely N-dealkylation sites (N-methyl/N-ethyl adjacent to an activating group) is 2. The van der Waals surface area contributed by atoms with Crippen LogP contribution >= 0.6 is 0 Å². The van der Waals surface area contributed by atoms with Crippen LogP contribution in [0.5, 0.6) is 0 Å². The molecular formula is C30H33F5N6O. The van der Waals surface area contributed by atoms with Crippen molar-refractivity contribution in [2.75, 3.05) is 75.0 Å². The zero-order chi connectivity index (χ0) is 30.2. The van der Waals surface area contributed by atoms with E-state index in [0.717, 1.165) is 44.1 Å². The van der Waals surface area contributed by atoms with E-state index in [1.807, 2.05) is 24.9 Å². The molecule has 0 radical (unpaired) electrons. The van der Waals surface area contributed by atoms with E-state index in [2.05, 4.69) is 32.0 Å². The van der Waals surface area contributed by atoms with E-state index in [4.69, 9.17) is 0 Å². The van der Waals surface area contributed by atoms with Gasteiger partial charge in [-0.3, -0.25) is 4.79 Å². The van der Waals surface area contributed by atoms with E-state index in [1.54, 1.807) is 12.3 Å². The Bertz CT molecular complexity index is 1440. The molecule has 0 aliphatic carbocycles. The molecule has 5 rings (SSSR count). The fourth-order valence-electron chi connectivity index (χ4n) is 5.32. The van der Waals surface area contributed by atoms with Crippen LogP contribution in [0, 0.1) is 11.6 Å². The summed E-state index contributed by atoms with van der Waals surface area (Å²) in [6.07, 6.45) is -3.40. The minimum Gasteiger partial charge on any atom is -0.367 e. The molecule has 3 heterocycles. The van der Waals surface area contributed by atoms with Gasteiger partial charge in [0.15, 0.2) is 0 Å². The molecule has 1 amide bonds. The topological polar surface area (TPSA) is 55.0 Å². The summed E-state index contributed by atoms with van der Waals surface area (Å²) in [5, 5.41) is 2.57. The van der Waals surface area contributed by atoms with Crippen molar-refractivity contribution < 1.29 is 26.7 Å². The molecule has 2 aliphatic rings. The second-order valence-electron chi connectivity index (χ2n) is 11.0. The second kappa shape index (κ2) is 11.8. The molecule has 0 saturated carbocycles. The number of nitrogens with one attached hydrogen (secondary N) is 1. The number of carbonyl (C=O) groups excluding carboxylic acids is 1. The highest BCUT2D eigenvalue weighted by Crippen LogP contribution is 2.37. The summed E-state index contributed by atoms with van der Waals surface area (Å²) in [5.41, 5.74) is -1.02. The fourth-order valence-corrected chi connectivity index (χ4v) is 5.32. The van der Waals surface area contributed by atoms with Gasteiger partial charge in [0.25, 0.3) is 5.91 Å². The number of pyridine rings is 1. The molecule has 2 fully saturated rings. The number of aromatic nitrogens is 1. The Morgan fingerprint density at radius 2 is 1.64 bits per heavy atom. The van der Waals surface area contributed by atoms with Crippen molar-refractivity contribution >= 4 is 23.1 Å². The van der Waals surface area contributed by atoms with Gasteiger partial charge in [-0.15, -0.1) is 0 Å². The fraction of sp³-hybridized carbons (Fsp3) is 0.400. The Morgan fingerprint density at radius 3 is 2.29 bits per heavy atom. The molecule has 1 N–H and O–H groups in total. The van der Waals surface area contributed by atoms with E-state index < -0.39 is 34.8 Å². The van der Waals surface area contributed by atoms with E-state index in [-0.39, 0.29) is 17.3 Å². The van der Waals surface area contributed by atoms with Gasteiger partial charge in [-0.2, -0.15) is 13.2 Å².